The van der Waals surface area contributed by atoms with E-state index in [1.807, 2.05) is 0 Å². The molecule has 1 unspecified atom stereocenters. The molecule has 2 N–H and O–H groups in total. The molecule has 12 heavy (non-hydrogen) atoms. The van der Waals surface area contributed by atoms with E-state index in [0.717, 1.165) is 30.8 Å². The van der Waals surface area contributed by atoms with Gasteiger partial charge in [0, 0.05) is 12.3 Å². The number of oxazole rings is 1. The molecular weight excluding hydrogens is 152 g/mol. The lowest BCUT2D eigenvalue weighted by Crippen LogP contribution is -2.13. The summed E-state index contributed by atoms with van der Waals surface area (Å²) in [5.41, 5.74) is 6.69. The number of fused-ring (bicyclic) bond motifs is 1. The van der Waals surface area contributed by atoms with E-state index < -0.39 is 0 Å². The van der Waals surface area contributed by atoms with Gasteiger partial charge in [0.2, 0.25) is 0 Å². The van der Waals surface area contributed by atoms with Crippen molar-refractivity contribution in [1.29, 1.82) is 0 Å². The van der Waals surface area contributed by atoms with Gasteiger partial charge >= 0.3 is 0 Å². The van der Waals surface area contributed by atoms with Crippen molar-refractivity contribution in [3.05, 3.63) is 17.8 Å². The topological polar surface area (TPSA) is 52.0 Å². The first-order chi connectivity index (χ1) is 5.92. The van der Waals surface area contributed by atoms with Gasteiger partial charge in [-0.15, -0.1) is 0 Å². The molecule has 2 rings (SSSR count). The molecule has 1 atom stereocenters. The maximum absolute atomic E-state index is 5.53. The average molecular weight is 166 g/mol. The van der Waals surface area contributed by atoms with Gasteiger partial charge in [-0.1, -0.05) is 0 Å². The number of hydrogen-bond acceptors (Lipinski definition) is 3. The Labute approximate surface area is 72.0 Å². The molecule has 0 saturated carbocycles. The van der Waals surface area contributed by atoms with Crippen LogP contribution < -0.4 is 5.73 Å². The Morgan fingerprint density at radius 1 is 1.67 bits per heavy atom. The summed E-state index contributed by atoms with van der Waals surface area (Å²) < 4.78 is 5.28. The third-order valence-electron chi connectivity index (χ3n) is 2.53. The second-order valence-electron chi connectivity index (χ2n) is 3.33. The number of hydrogen-bond donors (Lipinski definition) is 1. The zero-order valence-electron chi connectivity index (χ0n) is 7.12. The Bertz CT molecular complexity index is 257. The molecule has 0 saturated heterocycles. The van der Waals surface area contributed by atoms with Crippen LogP contribution in [0.5, 0.6) is 0 Å². The van der Waals surface area contributed by atoms with E-state index in [1.165, 1.54) is 12.8 Å². The minimum atomic E-state index is 0.553. The molecule has 0 fully saturated rings. The SMILES string of the molecule is NCCC1CCCc2ocnc21. The fraction of sp³-hybridized carbons (Fsp3) is 0.667. The summed E-state index contributed by atoms with van der Waals surface area (Å²) in [5, 5.41) is 0. The molecule has 1 aromatic rings. The van der Waals surface area contributed by atoms with Crippen molar-refractivity contribution in [2.75, 3.05) is 6.54 Å². The maximum atomic E-state index is 5.53. The van der Waals surface area contributed by atoms with Crippen LogP contribution in [0.15, 0.2) is 10.8 Å². The van der Waals surface area contributed by atoms with Crippen LogP contribution in [0.25, 0.3) is 0 Å². The summed E-state index contributed by atoms with van der Waals surface area (Å²) in [7, 11) is 0. The third kappa shape index (κ3) is 1.25. The Morgan fingerprint density at radius 2 is 2.58 bits per heavy atom. The third-order valence-corrected chi connectivity index (χ3v) is 2.53. The standard InChI is InChI=1S/C9H14N2O/c10-5-4-7-2-1-3-8-9(7)11-6-12-8/h6-7H,1-5,10H2. The van der Waals surface area contributed by atoms with Crippen molar-refractivity contribution in [2.24, 2.45) is 5.73 Å². The number of nitrogens with two attached hydrogens (primary N) is 1. The van der Waals surface area contributed by atoms with Gasteiger partial charge < -0.3 is 10.2 Å². The second-order valence-corrected chi connectivity index (χ2v) is 3.33. The Kier molecular flexibility index (Phi) is 2.13. The quantitative estimate of drug-likeness (QED) is 0.723. The summed E-state index contributed by atoms with van der Waals surface area (Å²) in [6, 6.07) is 0. The van der Waals surface area contributed by atoms with E-state index in [0.29, 0.717) is 5.92 Å². The summed E-state index contributed by atoms with van der Waals surface area (Å²) in [4.78, 5) is 4.23. The molecule has 0 aliphatic heterocycles. The number of aryl methyl sites for hydroxylation is 1. The van der Waals surface area contributed by atoms with Crippen molar-refractivity contribution in [1.82, 2.24) is 4.98 Å². The molecule has 3 nitrogen and oxygen atoms in total. The van der Waals surface area contributed by atoms with E-state index in [4.69, 9.17) is 10.2 Å². The van der Waals surface area contributed by atoms with Crippen molar-refractivity contribution >= 4 is 0 Å². The van der Waals surface area contributed by atoms with Crippen LogP contribution in [0, 0.1) is 0 Å². The van der Waals surface area contributed by atoms with Crippen LogP contribution >= 0.6 is 0 Å². The van der Waals surface area contributed by atoms with Crippen LogP contribution in [-0.4, -0.2) is 11.5 Å². The Hall–Kier alpha value is -0.830. The maximum Gasteiger partial charge on any atom is 0.181 e. The van der Waals surface area contributed by atoms with Crippen LogP contribution in [0.1, 0.15) is 36.6 Å². The molecule has 1 aliphatic rings. The van der Waals surface area contributed by atoms with E-state index in [-0.39, 0.29) is 0 Å². The van der Waals surface area contributed by atoms with Crippen molar-refractivity contribution < 1.29 is 4.42 Å². The zero-order valence-corrected chi connectivity index (χ0v) is 7.12. The minimum Gasteiger partial charge on any atom is -0.448 e. The highest BCUT2D eigenvalue weighted by Gasteiger charge is 2.23. The first kappa shape index (κ1) is 7.80. The van der Waals surface area contributed by atoms with Crippen molar-refractivity contribution in [3.63, 3.8) is 0 Å². The molecule has 3 heteroatoms. The predicted molar refractivity (Wildman–Crippen MR) is 45.9 cm³/mol. The van der Waals surface area contributed by atoms with E-state index >= 15 is 0 Å². The van der Waals surface area contributed by atoms with Gasteiger partial charge in [0.1, 0.15) is 5.76 Å². The lowest BCUT2D eigenvalue weighted by Gasteiger charge is -2.18. The fourth-order valence-corrected chi connectivity index (χ4v) is 1.93. The molecule has 0 radical (unpaired) electrons. The highest BCUT2D eigenvalue weighted by atomic mass is 16.3. The fourth-order valence-electron chi connectivity index (χ4n) is 1.93. The van der Waals surface area contributed by atoms with Crippen LogP contribution in [0.3, 0.4) is 0 Å². The van der Waals surface area contributed by atoms with E-state index in [9.17, 15) is 0 Å². The van der Waals surface area contributed by atoms with Gasteiger partial charge in [-0.3, -0.25) is 0 Å². The summed E-state index contributed by atoms with van der Waals surface area (Å²) in [6.07, 6.45) is 6.08. The number of nitrogens with zero attached hydrogens (tertiary/aromatic N) is 1. The molecule has 1 heterocycles. The Morgan fingerprint density at radius 3 is 3.42 bits per heavy atom. The van der Waals surface area contributed by atoms with Crippen LogP contribution in [-0.2, 0) is 6.42 Å². The molecule has 0 spiro atoms. The predicted octanol–water partition coefficient (Wildman–Crippen LogP) is 1.44. The Balaban J connectivity index is 2.19. The van der Waals surface area contributed by atoms with Gasteiger partial charge in [0.05, 0.1) is 5.69 Å². The number of rotatable bonds is 2. The van der Waals surface area contributed by atoms with Gasteiger partial charge in [-0.2, -0.15) is 0 Å². The molecule has 66 valence electrons. The lowest BCUT2D eigenvalue weighted by atomic mass is 9.88. The lowest BCUT2D eigenvalue weighted by molar-refractivity contribution is 0.441. The van der Waals surface area contributed by atoms with Gasteiger partial charge in [-0.25, -0.2) is 4.98 Å². The first-order valence-electron chi connectivity index (χ1n) is 4.54. The van der Waals surface area contributed by atoms with Crippen LogP contribution in [0.2, 0.25) is 0 Å². The average Bonchev–Trinajstić information content (AvgIpc) is 2.53. The van der Waals surface area contributed by atoms with Crippen molar-refractivity contribution in [2.45, 2.75) is 31.6 Å². The normalized spacial score (nSPS) is 22.2. The van der Waals surface area contributed by atoms with E-state index in [2.05, 4.69) is 4.98 Å². The largest absolute Gasteiger partial charge is 0.448 e. The number of aromatic nitrogens is 1. The smallest absolute Gasteiger partial charge is 0.181 e. The van der Waals surface area contributed by atoms with Crippen LogP contribution in [0.4, 0.5) is 0 Å². The van der Waals surface area contributed by atoms with E-state index in [1.54, 1.807) is 6.39 Å². The zero-order chi connectivity index (χ0) is 8.39. The molecule has 1 aromatic heterocycles. The molecule has 0 aromatic carbocycles. The van der Waals surface area contributed by atoms with Gasteiger partial charge in [0.25, 0.3) is 0 Å². The monoisotopic (exact) mass is 166 g/mol. The van der Waals surface area contributed by atoms with Crippen molar-refractivity contribution in [3.8, 4) is 0 Å². The summed E-state index contributed by atoms with van der Waals surface area (Å²) in [5.74, 6) is 1.64. The first-order valence-corrected chi connectivity index (χ1v) is 4.54. The van der Waals surface area contributed by atoms with Gasteiger partial charge in [-0.05, 0) is 25.8 Å². The molecule has 0 amide bonds. The second kappa shape index (κ2) is 3.27. The molecular formula is C9H14N2O. The molecule has 1 aliphatic carbocycles. The highest BCUT2D eigenvalue weighted by Crippen LogP contribution is 2.32. The highest BCUT2D eigenvalue weighted by molar-refractivity contribution is 5.16. The summed E-state index contributed by atoms with van der Waals surface area (Å²) >= 11 is 0. The minimum absolute atomic E-state index is 0.553. The molecule has 0 bridgehead atoms. The van der Waals surface area contributed by atoms with Gasteiger partial charge in [0.15, 0.2) is 6.39 Å². The summed E-state index contributed by atoms with van der Waals surface area (Å²) in [6.45, 7) is 0.747.